The maximum absolute atomic E-state index is 13.0. The average Bonchev–Trinajstić information content (AvgIpc) is 3.77. The average molecular weight is 499 g/mol. The number of carbonyl (C=O) groups is 1. The summed E-state index contributed by atoms with van der Waals surface area (Å²) in [5.74, 6) is -0.472. The molecule has 2 aliphatic carbocycles. The van der Waals surface area contributed by atoms with Gasteiger partial charge < -0.3 is 19.7 Å². The van der Waals surface area contributed by atoms with Crippen LogP contribution in [0.5, 0.6) is 5.88 Å². The van der Waals surface area contributed by atoms with Crippen LogP contribution in [0.2, 0.25) is 0 Å². The molecule has 2 heterocycles. The van der Waals surface area contributed by atoms with Gasteiger partial charge in [0.05, 0.1) is 18.1 Å². The zero-order valence-corrected chi connectivity index (χ0v) is 20.0. The van der Waals surface area contributed by atoms with Gasteiger partial charge >= 0.3 is 0 Å². The Balaban J connectivity index is 1.36. The molecular formula is C24H26N4O6S. The Hall–Kier alpha value is -3.31. The van der Waals surface area contributed by atoms with E-state index in [4.69, 9.17) is 9.84 Å². The Labute approximate surface area is 201 Å². The molecule has 11 heteroatoms. The maximum atomic E-state index is 13.0. The number of aliphatic hydroxyl groups is 1. The minimum atomic E-state index is -3.25. The lowest BCUT2D eigenvalue weighted by molar-refractivity contribution is 0.0949. The number of ether oxygens (including phenoxy) is 1. The second-order valence-corrected chi connectivity index (χ2v) is 11.9. The number of fused-ring (bicyclic) bond motifs is 1. The zero-order chi connectivity index (χ0) is 24.8. The van der Waals surface area contributed by atoms with E-state index in [1.165, 1.54) is 23.9 Å². The number of sulfone groups is 1. The van der Waals surface area contributed by atoms with Crippen molar-refractivity contribution in [3.05, 3.63) is 63.6 Å². The molecule has 2 aliphatic rings. The molecule has 3 aromatic rings. The van der Waals surface area contributed by atoms with Gasteiger partial charge in [-0.1, -0.05) is 24.3 Å². The standard InChI is InChI=1S/C24H26N4O6S/c1-28-20-17(10-19(23(28)31)21(30)25-11-15-2-4-16(13-29)5-3-15)12-26-27-22(20)34-14-24(8-9-24)35(32,33)18-6-7-18/h2-5,10,12,18,29H,6-9,11,13-14H2,1H3,(H,25,30). The number of pyridine rings is 1. The SMILES string of the molecule is Cn1c(=O)c(C(=O)NCc2ccc(CO)cc2)cc2cnnc(OCC3(S(=O)(=O)C4CC4)CC3)c21. The number of amides is 1. The van der Waals surface area contributed by atoms with Crippen LogP contribution in [0, 0.1) is 0 Å². The van der Waals surface area contributed by atoms with Gasteiger partial charge in [0.1, 0.15) is 22.4 Å². The highest BCUT2D eigenvalue weighted by Gasteiger charge is 2.60. The first-order chi connectivity index (χ1) is 16.8. The topological polar surface area (TPSA) is 140 Å². The van der Waals surface area contributed by atoms with Crippen molar-refractivity contribution in [1.82, 2.24) is 20.1 Å². The molecule has 0 saturated heterocycles. The van der Waals surface area contributed by atoms with Crippen molar-refractivity contribution in [3.63, 3.8) is 0 Å². The van der Waals surface area contributed by atoms with Gasteiger partial charge in [0.25, 0.3) is 17.3 Å². The number of benzene rings is 1. The van der Waals surface area contributed by atoms with E-state index in [-0.39, 0.29) is 36.5 Å². The van der Waals surface area contributed by atoms with Crippen molar-refractivity contribution in [2.24, 2.45) is 7.05 Å². The molecule has 2 N–H and O–H groups in total. The minimum absolute atomic E-state index is 0.0366. The van der Waals surface area contributed by atoms with Crippen molar-refractivity contribution >= 4 is 26.6 Å². The van der Waals surface area contributed by atoms with Crippen LogP contribution < -0.4 is 15.6 Å². The maximum Gasteiger partial charge on any atom is 0.263 e. The number of rotatable bonds is 9. The van der Waals surface area contributed by atoms with Crippen molar-refractivity contribution in [1.29, 1.82) is 0 Å². The Morgan fingerprint density at radius 1 is 1.23 bits per heavy atom. The van der Waals surface area contributed by atoms with Gasteiger partial charge in [-0.15, -0.1) is 5.10 Å². The fourth-order valence-corrected chi connectivity index (χ4v) is 6.56. The number of nitrogens with one attached hydrogen (secondary N) is 1. The lowest BCUT2D eigenvalue weighted by Crippen LogP contribution is -2.34. The van der Waals surface area contributed by atoms with E-state index in [9.17, 15) is 18.0 Å². The zero-order valence-electron chi connectivity index (χ0n) is 19.2. The summed E-state index contributed by atoms with van der Waals surface area (Å²) in [6, 6.07) is 8.55. The molecule has 1 amide bonds. The van der Waals surface area contributed by atoms with E-state index in [0.717, 1.165) is 11.1 Å². The summed E-state index contributed by atoms with van der Waals surface area (Å²) in [7, 11) is -1.74. The molecule has 5 rings (SSSR count). The number of aryl methyl sites for hydroxylation is 1. The molecule has 0 bridgehead atoms. The Morgan fingerprint density at radius 2 is 1.91 bits per heavy atom. The van der Waals surface area contributed by atoms with Crippen LogP contribution in [0.3, 0.4) is 0 Å². The molecule has 0 radical (unpaired) electrons. The molecule has 0 spiro atoms. The van der Waals surface area contributed by atoms with E-state index in [0.29, 0.717) is 36.6 Å². The van der Waals surface area contributed by atoms with Crippen LogP contribution in [0.4, 0.5) is 0 Å². The Bertz CT molecular complexity index is 1460. The summed E-state index contributed by atoms with van der Waals surface area (Å²) in [6.07, 6.45) is 3.93. The molecular weight excluding hydrogens is 472 g/mol. The number of aliphatic hydroxyl groups excluding tert-OH is 1. The second kappa shape index (κ2) is 8.72. The largest absolute Gasteiger partial charge is 0.473 e. The van der Waals surface area contributed by atoms with Crippen molar-refractivity contribution < 1.29 is 23.1 Å². The molecule has 2 aromatic heterocycles. The highest BCUT2D eigenvalue weighted by atomic mass is 32.2. The van der Waals surface area contributed by atoms with E-state index in [1.807, 2.05) is 0 Å². The highest BCUT2D eigenvalue weighted by Crippen LogP contribution is 2.50. The summed E-state index contributed by atoms with van der Waals surface area (Å²) in [4.78, 5) is 25.8. The van der Waals surface area contributed by atoms with Crippen LogP contribution in [0.25, 0.3) is 10.9 Å². The summed E-state index contributed by atoms with van der Waals surface area (Å²) < 4.78 is 31.8. The number of hydrogen-bond donors (Lipinski definition) is 2. The molecule has 0 atom stereocenters. The van der Waals surface area contributed by atoms with E-state index >= 15 is 0 Å². The van der Waals surface area contributed by atoms with E-state index in [1.54, 1.807) is 24.3 Å². The fraction of sp³-hybridized carbons (Fsp3) is 0.417. The number of nitrogens with zero attached hydrogens (tertiary/aromatic N) is 3. The first-order valence-corrected chi connectivity index (χ1v) is 13.0. The van der Waals surface area contributed by atoms with Gasteiger partial charge in [0.15, 0.2) is 9.84 Å². The third-order valence-corrected chi connectivity index (χ3v) is 9.82. The summed E-state index contributed by atoms with van der Waals surface area (Å²) in [6.45, 7) is 0.114. The summed E-state index contributed by atoms with van der Waals surface area (Å²) >= 11 is 0. The highest BCUT2D eigenvalue weighted by molar-refractivity contribution is 7.94. The van der Waals surface area contributed by atoms with Gasteiger partial charge in [-0.3, -0.25) is 9.59 Å². The fourth-order valence-electron chi connectivity index (χ4n) is 4.20. The predicted molar refractivity (Wildman–Crippen MR) is 128 cm³/mol. The van der Waals surface area contributed by atoms with Crippen molar-refractivity contribution in [2.45, 2.75) is 48.8 Å². The molecule has 35 heavy (non-hydrogen) atoms. The lowest BCUT2D eigenvalue weighted by atomic mass is 10.1. The summed E-state index contributed by atoms with van der Waals surface area (Å²) in [5.41, 5.74) is 1.35. The van der Waals surface area contributed by atoms with Crippen LogP contribution in [0.1, 0.15) is 47.2 Å². The monoisotopic (exact) mass is 498 g/mol. The van der Waals surface area contributed by atoms with E-state index < -0.39 is 26.1 Å². The number of carbonyl (C=O) groups excluding carboxylic acids is 1. The molecule has 10 nitrogen and oxygen atoms in total. The molecule has 0 aliphatic heterocycles. The van der Waals surface area contributed by atoms with Crippen LogP contribution >= 0.6 is 0 Å². The molecule has 2 fully saturated rings. The quantitative estimate of drug-likeness (QED) is 0.449. The van der Waals surface area contributed by atoms with Crippen molar-refractivity contribution in [3.8, 4) is 5.88 Å². The Kier molecular flexibility index (Phi) is 5.84. The number of hydrogen-bond acceptors (Lipinski definition) is 8. The summed E-state index contributed by atoms with van der Waals surface area (Å²) in [5, 5.41) is 20.0. The third-order valence-electron chi connectivity index (χ3n) is 6.74. The van der Waals surface area contributed by atoms with Crippen LogP contribution in [-0.2, 0) is 30.0 Å². The minimum Gasteiger partial charge on any atom is -0.473 e. The smallest absolute Gasteiger partial charge is 0.263 e. The normalized spacial score (nSPS) is 16.7. The molecule has 1 aromatic carbocycles. The van der Waals surface area contributed by atoms with Crippen molar-refractivity contribution in [2.75, 3.05) is 6.61 Å². The lowest BCUT2D eigenvalue weighted by Gasteiger charge is -2.17. The predicted octanol–water partition coefficient (Wildman–Crippen LogP) is 1.24. The van der Waals surface area contributed by atoms with Gasteiger partial charge in [-0.2, -0.15) is 5.10 Å². The molecule has 2 saturated carbocycles. The molecule has 0 unspecified atom stereocenters. The van der Waals surface area contributed by atoms with Gasteiger partial charge in [0.2, 0.25) is 0 Å². The molecule has 184 valence electrons. The van der Waals surface area contributed by atoms with Crippen LogP contribution in [0.15, 0.2) is 41.3 Å². The van der Waals surface area contributed by atoms with E-state index in [2.05, 4.69) is 15.5 Å². The van der Waals surface area contributed by atoms with Gasteiger partial charge in [0, 0.05) is 19.0 Å². The first kappa shape index (κ1) is 23.4. The first-order valence-electron chi connectivity index (χ1n) is 11.4. The van der Waals surface area contributed by atoms with Gasteiger partial charge in [-0.25, -0.2) is 8.42 Å². The number of aromatic nitrogens is 3. The van der Waals surface area contributed by atoms with Crippen LogP contribution in [-0.4, -0.2) is 50.8 Å². The third kappa shape index (κ3) is 4.30. The Morgan fingerprint density at radius 3 is 2.54 bits per heavy atom. The van der Waals surface area contributed by atoms with Gasteiger partial charge in [-0.05, 0) is 42.9 Å². The second-order valence-electron chi connectivity index (χ2n) is 9.25.